The number of nitrogens with one attached hydrogen (secondary N) is 2. The highest BCUT2D eigenvalue weighted by Gasteiger charge is 2.43. The summed E-state index contributed by atoms with van der Waals surface area (Å²) in [5, 5.41) is 21.1. The van der Waals surface area contributed by atoms with Gasteiger partial charge in [0.2, 0.25) is 11.8 Å². The predicted octanol–water partition coefficient (Wildman–Crippen LogP) is 4.84. The van der Waals surface area contributed by atoms with Gasteiger partial charge in [-0.05, 0) is 73.8 Å². The SMILES string of the molecule is Cc1ncsc1-c1ccc([C@H](C)NC(=O)[C@@H]2C[C@@H](O)CN2C(=O)[C@@H](c2cc(OCCC3(C)CCNCC3)no2)C(C)C)cc1. The van der Waals surface area contributed by atoms with Gasteiger partial charge < -0.3 is 29.9 Å². The van der Waals surface area contributed by atoms with Crippen LogP contribution in [0.5, 0.6) is 5.88 Å². The third-order valence-corrected chi connectivity index (χ3v) is 10.1. The summed E-state index contributed by atoms with van der Waals surface area (Å²) in [5.41, 5.74) is 5.09. The number of piperidine rings is 1. The molecule has 2 saturated heterocycles. The third-order valence-electron chi connectivity index (χ3n) is 9.15. The molecule has 0 unspecified atom stereocenters. The van der Waals surface area contributed by atoms with Crippen molar-refractivity contribution in [2.45, 2.75) is 84.4 Å². The quantitative estimate of drug-likeness (QED) is 0.277. The maximum atomic E-state index is 13.9. The summed E-state index contributed by atoms with van der Waals surface area (Å²) in [5.74, 6) is -0.588. The van der Waals surface area contributed by atoms with Gasteiger partial charge in [0.05, 0.1) is 34.8 Å². The molecule has 0 spiro atoms. The van der Waals surface area contributed by atoms with E-state index in [9.17, 15) is 14.7 Å². The Labute approximate surface area is 263 Å². The molecule has 238 valence electrons. The van der Waals surface area contributed by atoms with E-state index in [2.05, 4.69) is 27.7 Å². The van der Waals surface area contributed by atoms with Gasteiger partial charge in [-0.25, -0.2) is 4.98 Å². The zero-order valence-corrected chi connectivity index (χ0v) is 27.2. The van der Waals surface area contributed by atoms with Crippen molar-refractivity contribution in [1.29, 1.82) is 0 Å². The second-order valence-corrected chi connectivity index (χ2v) is 13.8. The molecule has 3 aromatic rings. The lowest BCUT2D eigenvalue weighted by Crippen LogP contribution is -2.48. The van der Waals surface area contributed by atoms with E-state index in [-0.39, 0.29) is 42.2 Å². The minimum Gasteiger partial charge on any atom is -0.475 e. The summed E-state index contributed by atoms with van der Waals surface area (Å²) in [6, 6.07) is 8.68. The van der Waals surface area contributed by atoms with Crippen molar-refractivity contribution < 1.29 is 24.0 Å². The molecule has 1 aromatic carbocycles. The van der Waals surface area contributed by atoms with Gasteiger partial charge in [-0.15, -0.1) is 11.3 Å². The maximum absolute atomic E-state index is 13.9. The van der Waals surface area contributed by atoms with Crippen molar-refractivity contribution in [2.75, 3.05) is 26.2 Å². The summed E-state index contributed by atoms with van der Waals surface area (Å²) < 4.78 is 11.6. The largest absolute Gasteiger partial charge is 0.475 e. The van der Waals surface area contributed by atoms with E-state index >= 15 is 0 Å². The highest BCUT2D eigenvalue weighted by atomic mass is 32.1. The summed E-state index contributed by atoms with van der Waals surface area (Å²) in [6.07, 6.45) is 2.53. The number of carbonyl (C=O) groups is 2. The topological polar surface area (TPSA) is 130 Å². The van der Waals surface area contributed by atoms with Crippen LogP contribution in [-0.4, -0.2) is 70.3 Å². The van der Waals surface area contributed by atoms with Crippen LogP contribution in [-0.2, 0) is 9.59 Å². The Morgan fingerprint density at radius 3 is 2.61 bits per heavy atom. The van der Waals surface area contributed by atoms with E-state index in [4.69, 9.17) is 9.26 Å². The van der Waals surface area contributed by atoms with Gasteiger partial charge in [-0.3, -0.25) is 9.59 Å². The summed E-state index contributed by atoms with van der Waals surface area (Å²) >= 11 is 1.60. The molecular formula is C33H45N5O5S. The molecule has 3 N–H and O–H groups in total. The lowest BCUT2D eigenvalue weighted by Gasteiger charge is -2.33. The Bertz CT molecular complexity index is 1410. The van der Waals surface area contributed by atoms with Crippen LogP contribution < -0.4 is 15.4 Å². The number of aliphatic hydroxyl groups is 1. The molecule has 44 heavy (non-hydrogen) atoms. The van der Waals surface area contributed by atoms with Gasteiger partial charge in [0.25, 0.3) is 5.88 Å². The average Bonchev–Trinajstić information content (AvgIpc) is 3.73. The molecule has 4 heterocycles. The van der Waals surface area contributed by atoms with E-state index in [1.807, 2.05) is 57.5 Å². The van der Waals surface area contributed by atoms with Crippen LogP contribution >= 0.6 is 11.3 Å². The van der Waals surface area contributed by atoms with Gasteiger partial charge in [-0.1, -0.05) is 45.0 Å². The van der Waals surface area contributed by atoms with Crippen molar-refractivity contribution in [2.24, 2.45) is 11.3 Å². The number of aliphatic hydroxyl groups excluding tert-OH is 1. The molecule has 2 aliphatic rings. The Morgan fingerprint density at radius 2 is 1.95 bits per heavy atom. The number of thiazole rings is 1. The summed E-state index contributed by atoms with van der Waals surface area (Å²) in [7, 11) is 0. The molecule has 0 saturated carbocycles. The van der Waals surface area contributed by atoms with Crippen molar-refractivity contribution in [3.05, 3.63) is 52.9 Å². The molecule has 10 nitrogen and oxygen atoms in total. The molecule has 0 radical (unpaired) electrons. The van der Waals surface area contributed by atoms with E-state index in [0.29, 0.717) is 18.2 Å². The van der Waals surface area contributed by atoms with Crippen LogP contribution in [0.15, 0.2) is 40.4 Å². The Balaban J connectivity index is 1.22. The van der Waals surface area contributed by atoms with Crippen molar-refractivity contribution in [3.63, 3.8) is 0 Å². The number of benzene rings is 1. The lowest BCUT2D eigenvalue weighted by atomic mass is 9.78. The van der Waals surface area contributed by atoms with Gasteiger partial charge in [0.1, 0.15) is 12.0 Å². The fourth-order valence-electron chi connectivity index (χ4n) is 6.28. The van der Waals surface area contributed by atoms with Gasteiger partial charge in [-0.2, -0.15) is 0 Å². The molecule has 2 aromatic heterocycles. The van der Waals surface area contributed by atoms with Crippen LogP contribution in [0.3, 0.4) is 0 Å². The number of hydrogen-bond donors (Lipinski definition) is 3. The fourth-order valence-corrected chi connectivity index (χ4v) is 7.10. The number of ether oxygens (including phenoxy) is 1. The summed E-state index contributed by atoms with van der Waals surface area (Å²) in [4.78, 5) is 34.4. The third kappa shape index (κ3) is 7.33. The molecule has 11 heteroatoms. The number of aromatic nitrogens is 2. The smallest absolute Gasteiger partial charge is 0.254 e. The standard InChI is InChI=1S/C33H45N5O5S/c1-20(2)29(27-17-28(37-43-27)42-15-12-33(5)10-13-34-14-11-33)32(41)38-18-25(39)16-26(38)31(40)36-21(3)23-6-8-24(9-7-23)30-22(4)35-19-44-30/h6-9,17,19-21,25-26,29,34,39H,10-16,18H2,1-5H3,(H,36,40)/t21-,25+,26-,29+/m0/s1. The molecule has 2 fully saturated rings. The van der Waals surface area contributed by atoms with Gasteiger partial charge in [0, 0.05) is 19.0 Å². The maximum Gasteiger partial charge on any atom is 0.254 e. The first kappa shape index (κ1) is 32.1. The molecule has 0 bridgehead atoms. The number of aryl methyl sites for hydroxylation is 1. The summed E-state index contributed by atoms with van der Waals surface area (Å²) in [6.45, 7) is 12.7. The highest BCUT2D eigenvalue weighted by molar-refractivity contribution is 7.13. The van der Waals surface area contributed by atoms with Crippen molar-refractivity contribution in [3.8, 4) is 16.3 Å². The van der Waals surface area contributed by atoms with E-state index in [1.54, 1.807) is 17.4 Å². The number of β-amino-alcohol motifs (C(OH)–C–C–N with tert-alkyl or cyclic N) is 1. The van der Waals surface area contributed by atoms with Crippen LogP contribution in [0.4, 0.5) is 0 Å². The monoisotopic (exact) mass is 623 g/mol. The minimum absolute atomic E-state index is 0.0857. The van der Waals surface area contributed by atoms with E-state index in [0.717, 1.165) is 54.0 Å². The molecule has 5 rings (SSSR count). The van der Waals surface area contributed by atoms with E-state index < -0.39 is 18.1 Å². The first-order valence-corrected chi connectivity index (χ1v) is 16.5. The van der Waals surface area contributed by atoms with Gasteiger partial charge in [0.15, 0.2) is 5.76 Å². The first-order valence-electron chi connectivity index (χ1n) is 15.6. The number of amides is 2. The van der Waals surface area contributed by atoms with Crippen LogP contribution in [0.1, 0.15) is 82.4 Å². The van der Waals surface area contributed by atoms with E-state index in [1.165, 1.54) is 4.90 Å². The average molecular weight is 624 g/mol. The lowest BCUT2D eigenvalue weighted by molar-refractivity contribution is -0.141. The number of hydrogen-bond acceptors (Lipinski definition) is 9. The molecule has 0 aliphatic carbocycles. The Hall–Kier alpha value is -3.28. The second-order valence-electron chi connectivity index (χ2n) is 13.0. The molecular weight excluding hydrogens is 578 g/mol. The van der Waals surface area contributed by atoms with Crippen molar-refractivity contribution >= 4 is 23.2 Å². The van der Waals surface area contributed by atoms with Crippen molar-refractivity contribution in [1.82, 2.24) is 25.7 Å². The van der Waals surface area contributed by atoms with Crippen LogP contribution in [0, 0.1) is 18.3 Å². The van der Waals surface area contributed by atoms with Crippen LogP contribution in [0.25, 0.3) is 10.4 Å². The minimum atomic E-state index is -0.787. The zero-order valence-electron chi connectivity index (χ0n) is 26.3. The van der Waals surface area contributed by atoms with Crippen LogP contribution in [0.2, 0.25) is 0 Å². The normalized spacial score (nSPS) is 21.3. The Kier molecular flexibility index (Phi) is 10.1. The number of carbonyl (C=O) groups excluding carboxylic acids is 2. The molecule has 2 amide bonds. The number of likely N-dealkylation sites (tertiary alicyclic amines) is 1. The number of rotatable bonds is 11. The molecule has 4 atom stereocenters. The first-order chi connectivity index (χ1) is 21.0. The van der Waals surface area contributed by atoms with Gasteiger partial charge >= 0.3 is 0 Å². The Morgan fingerprint density at radius 1 is 1.23 bits per heavy atom. The highest BCUT2D eigenvalue weighted by Crippen LogP contribution is 2.34. The zero-order chi connectivity index (χ0) is 31.4. The predicted molar refractivity (Wildman–Crippen MR) is 169 cm³/mol. The molecule has 2 aliphatic heterocycles. The fraction of sp³-hybridized carbons (Fsp3) is 0.576. The second kappa shape index (κ2) is 13.8. The number of nitrogens with zero attached hydrogens (tertiary/aromatic N) is 3.